The molecule has 0 saturated heterocycles. The molecule has 0 radical (unpaired) electrons. The van der Waals surface area contributed by atoms with Crippen molar-refractivity contribution in [2.24, 2.45) is 4.99 Å². The number of nitrogens with zero attached hydrogens (tertiary/aromatic N) is 2. The smallest absolute Gasteiger partial charge is 0.325 e. The van der Waals surface area contributed by atoms with E-state index in [1.807, 2.05) is 0 Å². The average molecular weight is 403 g/mol. The van der Waals surface area contributed by atoms with Crippen LogP contribution in [0.2, 0.25) is 4.34 Å². The standard InChI is InChI=1S/C15H9ClF2N2O3S2/c1-23-12(21)6-20-13-8(18)4-7(17)5-10(13)25-15(20)19-14(22)9-2-3-11(16)24-9/h2-5H,6H2,1H3. The number of carbonyl (C=O) groups is 2. The van der Waals surface area contributed by atoms with Gasteiger partial charge in [0, 0.05) is 6.07 Å². The minimum atomic E-state index is -0.858. The zero-order valence-corrected chi connectivity index (χ0v) is 15.0. The Balaban J connectivity index is 2.20. The summed E-state index contributed by atoms with van der Waals surface area (Å²) in [6.45, 7) is -0.365. The van der Waals surface area contributed by atoms with Gasteiger partial charge < -0.3 is 9.30 Å². The van der Waals surface area contributed by atoms with Crippen molar-refractivity contribution < 1.29 is 23.1 Å². The van der Waals surface area contributed by atoms with E-state index in [1.165, 1.54) is 17.7 Å². The summed E-state index contributed by atoms with van der Waals surface area (Å²) in [4.78, 5) is 28.2. The lowest BCUT2D eigenvalue weighted by Crippen LogP contribution is -2.22. The fourth-order valence-electron chi connectivity index (χ4n) is 2.13. The van der Waals surface area contributed by atoms with E-state index in [2.05, 4.69) is 9.73 Å². The number of hydrogen-bond donors (Lipinski definition) is 0. The van der Waals surface area contributed by atoms with Crippen molar-refractivity contribution >= 4 is 56.4 Å². The summed E-state index contributed by atoms with van der Waals surface area (Å²) in [6, 6.07) is 4.88. The number of rotatable bonds is 3. The SMILES string of the molecule is COC(=O)Cn1c(=NC(=O)c2ccc(Cl)s2)sc2cc(F)cc(F)c21. The number of ether oxygens (including phenoxy) is 1. The molecule has 130 valence electrons. The maximum atomic E-state index is 14.2. The van der Waals surface area contributed by atoms with Crippen LogP contribution in [0.15, 0.2) is 29.3 Å². The van der Waals surface area contributed by atoms with Crippen LogP contribution in [0.3, 0.4) is 0 Å². The number of thiophene rings is 1. The Bertz CT molecular complexity index is 1050. The predicted molar refractivity (Wildman–Crippen MR) is 91.0 cm³/mol. The molecule has 0 aliphatic carbocycles. The second-order valence-corrected chi connectivity index (χ2v) is 7.53. The first-order chi connectivity index (χ1) is 11.9. The summed E-state index contributed by atoms with van der Waals surface area (Å²) in [6.07, 6.45) is 0. The lowest BCUT2D eigenvalue weighted by atomic mass is 10.3. The highest BCUT2D eigenvalue weighted by molar-refractivity contribution is 7.18. The van der Waals surface area contributed by atoms with Gasteiger partial charge in [0.1, 0.15) is 12.4 Å². The van der Waals surface area contributed by atoms with Crippen LogP contribution in [0, 0.1) is 11.6 Å². The van der Waals surface area contributed by atoms with Crippen molar-refractivity contribution in [1.82, 2.24) is 4.57 Å². The van der Waals surface area contributed by atoms with Gasteiger partial charge in [-0.3, -0.25) is 9.59 Å². The van der Waals surface area contributed by atoms with Crippen molar-refractivity contribution in [1.29, 1.82) is 0 Å². The Morgan fingerprint density at radius 2 is 2.04 bits per heavy atom. The van der Waals surface area contributed by atoms with Gasteiger partial charge in [-0.2, -0.15) is 4.99 Å². The van der Waals surface area contributed by atoms with E-state index in [9.17, 15) is 18.4 Å². The molecule has 0 atom stereocenters. The highest BCUT2D eigenvalue weighted by atomic mass is 35.5. The highest BCUT2D eigenvalue weighted by Crippen LogP contribution is 2.24. The number of benzene rings is 1. The molecule has 0 spiro atoms. The number of aromatic nitrogens is 1. The molecular weight excluding hydrogens is 394 g/mol. The average Bonchev–Trinajstić information content (AvgIpc) is 3.11. The summed E-state index contributed by atoms with van der Waals surface area (Å²) >= 11 is 7.74. The number of carbonyl (C=O) groups excluding carboxylic acids is 2. The maximum absolute atomic E-state index is 14.2. The minimum absolute atomic E-state index is 0.0208. The molecule has 0 unspecified atom stereocenters. The van der Waals surface area contributed by atoms with Gasteiger partial charge in [-0.15, -0.1) is 11.3 Å². The zero-order valence-electron chi connectivity index (χ0n) is 12.6. The molecule has 2 aromatic heterocycles. The first-order valence-electron chi connectivity index (χ1n) is 6.78. The summed E-state index contributed by atoms with van der Waals surface area (Å²) in [5, 5.41) is 0. The quantitative estimate of drug-likeness (QED) is 0.629. The summed E-state index contributed by atoms with van der Waals surface area (Å²) < 4.78 is 34.1. The van der Waals surface area contributed by atoms with E-state index >= 15 is 0 Å². The van der Waals surface area contributed by atoms with E-state index in [-0.39, 0.29) is 21.6 Å². The number of thiazole rings is 1. The van der Waals surface area contributed by atoms with E-state index in [0.29, 0.717) is 15.3 Å². The van der Waals surface area contributed by atoms with Crippen LogP contribution < -0.4 is 4.80 Å². The molecule has 1 aromatic carbocycles. The lowest BCUT2D eigenvalue weighted by molar-refractivity contribution is -0.141. The van der Waals surface area contributed by atoms with E-state index in [0.717, 1.165) is 28.7 Å². The van der Waals surface area contributed by atoms with Gasteiger partial charge in [0.15, 0.2) is 10.6 Å². The Kier molecular flexibility index (Phi) is 4.98. The Morgan fingerprint density at radius 1 is 1.28 bits per heavy atom. The van der Waals surface area contributed by atoms with Gasteiger partial charge >= 0.3 is 5.97 Å². The summed E-state index contributed by atoms with van der Waals surface area (Å²) in [7, 11) is 1.18. The third-order valence-corrected chi connectivity index (χ3v) is 5.44. The van der Waals surface area contributed by atoms with Crippen LogP contribution in [-0.4, -0.2) is 23.6 Å². The molecule has 3 rings (SSSR count). The third-order valence-electron chi connectivity index (χ3n) is 3.19. The van der Waals surface area contributed by atoms with Gasteiger partial charge in [-0.1, -0.05) is 22.9 Å². The zero-order chi connectivity index (χ0) is 18.1. The van der Waals surface area contributed by atoms with E-state index in [1.54, 1.807) is 6.07 Å². The molecule has 3 aromatic rings. The van der Waals surface area contributed by atoms with Gasteiger partial charge in [-0.05, 0) is 18.2 Å². The molecule has 0 fully saturated rings. The second kappa shape index (κ2) is 7.03. The fraction of sp³-hybridized carbons (Fsp3) is 0.133. The molecule has 0 N–H and O–H groups in total. The number of fused-ring (bicyclic) bond motifs is 1. The van der Waals surface area contributed by atoms with Crippen molar-refractivity contribution in [3.05, 3.63) is 49.9 Å². The van der Waals surface area contributed by atoms with Crippen LogP contribution in [0.25, 0.3) is 10.2 Å². The molecule has 0 aliphatic rings. The molecule has 2 heterocycles. The van der Waals surface area contributed by atoms with E-state index < -0.39 is 23.5 Å². The normalized spacial score (nSPS) is 11.9. The van der Waals surface area contributed by atoms with Gasteiger partial charge in [0.05, 0.1) is 26.5 Å². The van der Waals surface area contributed by atoms with Crippen LogP contribution in [0.5, 0.6) is 0 Å². The molecule has 10 heteroatoms. The Morgan fingerprint density at radius 3 is 2.68 bits per heavy atom. The highest BCUT2D eigenvalue weighted by Gasteiger charge is 2.17. The molecule has 0 saturated carbocycles. The van der Waals surface area contributed by atoms with Gasteiger partial charge in [0.25, 0.3) is 5.91 Å². The Labute approximate surface area is 152 Å². The molecule has 25 heavy (non-hydrogen) atoms. The number of halogens is 3. The van der Waals surface area contributed by atoms with Crippen LogP contribution >= 0.6 is 34.3 Å². The van der Waals surface area contributed by atoms with Crippen molar-refractivity contribution in [3.8, 4) is 0 Å². The second-order valence-electron chi connectivity index (χ2n) is 4.80. The monoisotopic (exact) mass is 402 g/mol. The summed E-state index contributed by atoms with van der Waals surface area (Å²) in [5.74, 6) is -2.87. The minimum Gasteiger partial charge on any atom is -0.468 e. The van der Waals surface area contributed by atoms with Gasteiger partial charge in [-0.25, -0.2) is 8.78 Å². The van der Waals surface area contributed by atoms with Crippen LogP contribution in [-0.2, 0) is 16.1 Å². The number of methoxy groups -OCH3 is 1. The fourth-order valence-corrected chi connectivity index (χ4v) is 4.12. The number of esters is 1. The number of hydrogen-bond acceptors (Lipinski definition) is 5. The molecule has 1 amide bonds. The third kappa shape index (κ3) is 3.63. The van der Waals surface area contributed by atoms with E-state index in [4.69, 9.17) is 11.6 Å². The van der Waals surface area contributed by atoms with Crippen molar-refractivity contribution in [2.75, 3.05) is 7.11 Å². The number of amides is 1. The molecular formula is C15H9ClF2N2O3S2. The first kappa shape index (κ1) is 17.7. The predicted octanol–water partition coefficient (Wildman–Crippen LogP) is 3.61. The van der Waals surface area contributed by atoms with Gasteiger partial charge in [0.2, 0.25) is 0 Å². The van der Waals surface area contributed by atoms with Crippen molar-refractivity contribution in [3.63, 3.8) is 0 Å². The van der Waals surface area contributed by atoms with Crippen LogP contribution in [0.4, 0.5) is 8.78 Å². The molecule has 5 nitrogen and oxygen atoms in total. The topological polar surface area (TPSA) is 60.7 Å². The molecule has 0 bridgehead atoms. The largest absolute Gasteiger partial charge is 0.468 e. The lowest BCUT2D eigenvalue weighted by Gasteiger charge is -2.04. The first-order valence-corrected chi connectivity index (χ1v) is 8.79. The molecule has 0 aliphatic heterocycles. The Hall–Kier alpha value is -2.10. The summed E-state index contributed by atoms with van der Waals surface area (Å²) in [5.41, 5.74) is -0.0208. The maximum Gasteiger partial charge on any atom is 0.325 e. The van der Waals surface area contributed by atoms with Crippen molar-refractivity contribution in [2.45, 2.75) is 6.54 Å². The van der Waals surface area contributed by atoms with Crippen LogP contribution in [0.1, 0.15) is 9.67 Å².